The maximum absolute atomic E-state index is 10.5. The maximum atomic E-state index is 10.5. The molecule has 0 radical (unpaired) electrons. The number of nitrogens with two attached hydrogens (primary N) is 1. The van der Waals surface area contributed by atoms with Gasteiger partial charge in [0, 0.05) is 11.1 Å². The van der Waals surface area contributed by atoms with Crippen molar-refractivity contribution in [1.29, 1.82) is 0 Å². The topological polar surface area (TPSA) is 64.7 Å². The van der Waals surface area contributed by atoms with Crippen LogP contribution in [-0.4, -0.2) is 25.4 Å². The molecular formula is C19H24ClNO3. The van der Waals surface area contributed by atoms with Gasteiger partial charge in [-0.3, -0.25) is 0 Å². The molecule has 2 aromatic carbocycles. The molecule has 4 nitrogen and oxygen atoms in total. The molecule has 0 saturated carbocycles. The van der Waals surface area contributed by atoms with Crippen LogP contribution in [-0.2, 0) is 6.42 Å². The Labute approximate surface area is 148 Å². The third kappa shape index (κ3) is 4.41. The van der Waals surface area contributed by atoms with Gasteiger partial charge in [0.2, 0.25) is 0 Å². The second-order valence-corrected chi connectivity index (χ2v) is 6.38. The van der Waals surface area contributed by atoms with Crippen molar-refractivity contribution >= 4 is 11.6 Å². The fourth-order valence-corrected chi connectivity index (χ4v) is 2.94. The molecule has 5 heteroatoms. The molecule has 3 N–H and O–H groups in total. The fourth-order valence-electron chi connectivity index (χ4n) is 2.74. The first-order valence-electron chi connectivity index (χ1n) is 7.86. The molecule has 0 aliphatic rings. The van der Waals surface area contributed by atoms with Crippen LogP contribution in [0.15, 0.2) is 42.5 Å². The van der Waals surface area contributed by atoms with Gasteiger partial charge in [-0.1, -0.05) is 36.7 Å². The van der Waals surface area contributed by atoms with Crippen LogP contribution in [0.1, 0.15) is 24.2 Å². The zero-order chi connectivity index (χ0) is 17.7. The Morgan fingerprint density at radius 2 is 1.79 bits per heavy atom. The van der Waals surface area contributed by atoms with Gasteiger partial charge in [-0.05, 0) is 47.7 Å². The summed E-state index contributed by atoms with van der Waals surface area (Å²) in [6.07, 6.45) is -0.0436. The minimum absolute atomic E-state index is 0.0667. The highest BCUT2D eigenvalue weighted by Crippen LogP contribution is 2.30. The average molecular weight is 350 g/mol. The smallest absolute Gasteiger partial charge is 0.160 e. The Morgan fingerprint density at radius 3 is 2.42 bits per heavy atom. The van der Waals surface area contributed by atoms with E-state index < -0.39 is 12.1 Å². The Hall–Kier alpha value is -1.75. The van der Waals surface area contributed by atoms with Crippen LogP contribution in [0.2, 0.25) is 5.02 Å². The first-order chi connectivity index (χ1) is 11.5. The van der Waals surface area contributed by atoms with E-state index in [0.717, 1.165) is 17.5 Å². The van der Waals surface area contributed by atoms with Crippen molar-refractivity contribution in [1.82, 2.24) is 0 Å². The minimum Gasteiger partial charge on any atom is -0.493 e. The van der Waals surface area contributed by atoms with Gasteiger partial charge in [0.15, 0.2) is 11.5 Å². The number of hydrogen-bond donors (Lipinski definition) is 2. The van der Waals surface area contributed by atoms with E-state index >= 15 is 0 Å². The molecule has 0 aliphatic heterocycles. The van der Waals surface area contributed by atoms with E-state index in [1.807, 2.05) is 37.3 Å². The molecule has 0 heterocycles. The molecule has 0 fully saturated rings. The average Bonchev–Trinajstić information content (AvgIpc) is 2.60. The van der Waals surface area contributed by atoms with Crippen molar-refractivity contribution in [3.63, 3.8) is 0 Å². The lowest BCUT2D eigenvalue weighted by atomic mass is 9.88. The molecule has 0 aliphatic carbocycles. The number of benzene rings is 2. The third-order valence-corrected chi connectivity index (χ3v) is 4.45. The molecule has 3 atom stereocenters. The van der Waals surface area contributed by atoms with E-state index in [1.165, 1.54) is 0 Å². The first-order valence-corrected chi connectivity index (χ1v) is 8.24. The molecule has 0 aromatic heterocycles. The van der Waals surface area contributed by atoms with Crippen LogP contribution in [0.25, 0.3) is 0 Å². The summed E-state index contributed by atoms with van der Waals surface area (Å²) in [5.74, 6) is 1.44. The summed E-state index contributed by atoms with van der Waals surface area (Å²) >= 11 is 5.99. The zero-order valence-corrected chi connectivity index (χ0v) is 15.0. The summed E-state index contributed by atoms with van der Waals surface area (Å²) in [5, 5.41) is 11.1. The maximum Gasteiger partial charge on any atom is 0.160 e. The second-order valence-electron chi connectivity index (χ2n) is 5.95. The van der Waals surface area contributed by atoms with Gasteiger partial charge in [-0.25, -0.2) is 0 Å². The normalized spacial score (nSPS) is 14.8. The number of ether oxygens (including phenoxy) is 2. The Balaban J connectivity index is 2.09. The van der Waals surface area contributed by atoms with E-state index in [1.54, 1.807) is 26.4 Å². The predicted molar refractivity (Wildman–Crippen MR) is 96.8 cm³/mol. The molecule has 2 aromatic rings. The number of rotatable bonds is 7. The summed E-state index contributed by atoms with van der Waals surface area (Å²) < 4.78 is 10.6. The van der Waals surface area contributed by atoms with Gasteiger partial charge >= 0.3 is 0 Å². The SMILES string of the molecule is COc1ccc(CC(C)C(N)C(O)c2cccc(Cl)c2)cc1OC. The lowest BCUT2D eigenvalue weighted by Crippen LogP contribution is -2.36. The van der Waals surface area contributed by atoms with Gasteiger partial charge in [0.05, 0.1) is 20.3 Å². The standard InChI is InChI=1S/C19H24ClNO3/c1-12(9-13-7-8-16(23-2)17(10-13)24-3)18(21)19(22)14-5-4-6-15(20)11-14/h4-8,10-12,18-19,22H,9,21H2,1-3H3. The molecule has 0 spiro atoms. The van der Waals surface area contributed by atoms with Crippen molar-refractivity contribution in [3.8, 4) is 11.5 Å². The highest BCUT2D eigenvalue weighted by atomic mass is 35.5. The summed E-state index contributed by atoms with van der Waals surface area (Å²) in [4.78, 5) is 0. The fraction of sp³-hybridized carbons (Fsp3) is 0.368. The number of methoxy groups -OCH3 is 2. The van der Waals surface area contributed by atoms with E-state index in [9.17, 15) is 5.11 Å². The minimum atomic E-state index is -0.765. The van der Waals surface area contributed by atoms with Crippen LogP contribution in [0.4, 0.5) is 0 Å². The molecule has 2 rings (SSSR count). The Kier molecular flexibility index (Phi) is 6.49. The third-order valence-electron chi connectivity index (χ3n) is 4.22. The molecule has 24 heavy (non-hydrogen) atoms. The van der Waals surface area contributed by atoms with E-state index in [2.05, 4.69) is 0 Å². The zero-order valence-electron chi connectivity index (χ0n) is 14.2. The predicted octanol–water partition coefficient (Wildman–Crippen LogP) is 3.60. The molecule has 0 amide bonds. The largest absolute Gasteiger partial charge is 0.493 e. The van der Waals surface area contributed by atoms with Crippen LogP contribution >= 0.6 is 11.6 Å². The number of aliphatic hydroxyl groups is 1. The Bertz CT molecular complexity index is 677. The molecule has 3 unspecified atom stereocenters. The number of hydrogen-bond acceptors (Lipinski definition) is 4. The van der Waals surface area contributed by atoms with Gasteiger partial charge in [-0.15, -0.1) is 0 Å². The molecule has 0 saturated heterocycles. The van der Waals surface area contributed by atoms with Crippen molar-refractivity contribution < 1.29 is 14.6 Å². The van der Waals surface area contributed by atoms with Crippen molar-refractivity contribution in [3.05, 3.63) is 58.6 Å². The number of aliphatic hydroxyl groups excluding tert-OH is 1. The Morgan fingerprint density at radius 1 is 1.08 bits per heavy atom. The van der Waals surface area contributed by atoms with Crippen LogP contribution in [0.3, 0.4) is 0 Å². The lowest BCUT2D eigenvalue weighted by Gasteiger charge is -2.25. The summed E-state index contributed by atoms with van der Waals surface area (Å²) in [5.41, 5.74) is 8.08. The van der Waals surface area contributed by atoms with Crippen molar-refractivity contribution in [2.75, 3.05) is 14.2 Å². The summed E-state index contributed by atoms with van der Waals surface area (Å²) in [6, 6.07) is 12.6. The first kappa shape index (κ1) is 18.6. The highest BCUT2D eigenvalue weighted by molar-refractivity contribution is 6.30. The molecular weight excluding hydrogens is 326 g/mol. The lowest BCUT2D eigenvalue weighted by molar-refractivity contribution is 0.121. The van der Waals surface area contributed by atoms with Gasteiger partial charge in [0.25, 0.3) is 0 Å². The van der Waals surface area contributed by atoms with E-state index in [-0.39, 0.29) is 5.92 Å². The molecule has 130 valence electrons. The van der Waals surface area contributed by atoms with Crippen molar-refractivity contribution in [2.24, 2.45) is 11.7 Å². The molecule has 0 bridgehead atoms. The summed E-state index contributed by atoms with van der Waals surface area (Å²) in [6.45, 7) is 2.02. The van der Waals surface area contributed by atoms with E-state index in [0.29, 0.717) is 16.5 Å². The number of halogens is 1. The monoisotopic (exact) mass is 349 g/mol. The van der Waals surface area contributed by atoms with Crippen molar-refractivity contribution in [2.45, 2.75) is 25.5 Å². The second kappa shape index (κ2) is 8.38. The quantitative estimate of drug-likeness (QED) is 0.801. The highest BCUT2D eigenvalue weighted by Gasteiger charge is 2.23. The van der Waals surface area contributed by atoms with Gasteiger partial charge in [-0.2, -0.15) is 0 Å². The van der Waals surface area contributed by atoms with Crippen LogP contribution in [0.5, 0.6) is 11.5 Å². The summed E-state index contributed by atoms with van der Waals surface area (Å²) in [7, 11) is 3.22. The van der Waals surface area contributed by atoms with E-state index in [4.69, 9.17) is 26.8 Å². The van der Waals surface area contributed by atoms with Crippen LogP contribution in [0, 0.1) is 5.92 Å². The van der Waals surface area contributed by atoms with Crippen LogP contribution < -0.4 is 15.2 Å². The van der Waals surface area contributed by atoms with Gasteiger partial charge < -0.3 is 20.3 Å². The van der Waals surface area contributed by atoms with Gasteiger partial charge in [0.1, 0.15) is 0 Å².